The van der Waals surface area contributed by atoms with Crippen molar-refractivity contribution < 1.29 is 48.5 Å². The average Bonchev–Trinajstić information content (AvgIpc) is 4.21. The summed E-state index contributed by atoms with van der Waals surface area (Å²) in [7, 11) is 0. The van der Waals surface area contributed by atoms with Gasteiger partial charge in [0.05, 0.1) is 12.1 Å². The van der Waals surface area contributed by atoms with Crippen LogP contribution in [0.4, 0.5) is 4.79 Å². The molecule has 0 bridgehead atoms. The number of nitrogens with one attached hydrogen (secondary N) is 7. The number of alkyl carbamates (subject to hydrolysis) is 1. The number of aliphatic hydroxyl groups is 1. The number of ether oxygens (including phenoxy) is 1. The number of H-pyrrole nitrogens is 3. The molecule has 378 valence electrons. The van der Waals surface area contributed by atoms with Crippen LogP contribution in [-0.4, -0.2) is 114 Å². The van der Waals surface area contributed by atoms with E-state index in [9.17, 15) is 43.8 Å². The molecule has 18 heteroatoms. The Kier molecular flexibility index (Phi) is 15.3. The van der Waals surface area contributed by atoms with E-state index in [0.29, 0.717) is 19.3 Å². The van der Waals surface area contributed by atoms with E-state index in [2.05, 4.69) is 36.2 Å². The molecule has 18 nitrogen and oxygen atoms in total. The number of fused-ring (bicyclic) bond motifs is 3. The first-order valence-corrected chi connectivity index (χ1v) is 24.7. The summed E-state index contributed by atoms with van der Waals surface area (Å²) in [6, 6.07) is 25.9. The van der Waals surface area contributed by atoms with Gasteiger partial charge >= 0.3 is 12.1 Å². The molecule has 1 aliphatic heterocycles. The Labute approximate surface area is 419 Å². The third-order valence-corrected chi connectivity index (χ3v) is 14.1. The van der Waals surface area contributed by atoms with Crippen molar-refractivity contribution in [3.8, 4) is 0 Å². The maximum atomic E-state index is 14.6. The summed E-state index contributed by atoms with van der Waals surface area (Å²) >= 11 is 0. The molecule has 73 heavy (non-hydrogen) atoms. The fraction of sp³-hybridized carbons (Fsp3) is 0.327. The number of likely N-dealkylation sites (tertiary alicyclic amines) is 1. The summed E-state index contributed by atoms with van der Waals surface area (Å²) in [4.78, 5) is 107. The minimum Gasteiger partial charge on any atom is -0.480 e. The van der Waals surface area contributed by atoms with Gasteiger partial charge < -0.3 is 56.1 Å². The number of carbonyl (C=O) groups is 7. The molecule has 2 fully saturated rings. The molecule has 0 radical (unpaired) electrons. The molecule has 1 saturated carbocycles. The molecule has 4 aromatic carbocycles. The number of β-amino-alcohol motifs (C(OH)–C–C–N with tert-alkyl or cyclic N) is 1. The lowest BCUT2D eigenvalue weighted by molar-refractivity contribution is -0.149. The number of hydrogen-bond acceptors (Lipinski definition) is 9. The number of aliphatic hydroxyl groups excluding tert-OH is 1. The number of rotatable bonds is 19. The monoisotopic (exact) mass is 990 g/mol. The highest BCUT2D eigenvalue weighted by molar-refractivity contribution is 5.97. The maximum Gasteiger partial charge on any atom is 0.408 e. The molecule has 4 heterocycles. The Morgan fingerprint density at radius 2 is 1.19 bits per heavy atom. The molecule has 1 aliphatic carbocycles. The van der Waals surface area contributed by atoms with Gasteiger partial charge in [-0.05, 0) is 59.7 Å². The number of hydrogen-bond donors (Lipinski definition) is 9. The summed E-state index contributed by atoms with van der Waals surface area (Å²) in [5, 5.41) is 34.1. The highest BCUT2D eigenvalue weighted by Crippen LogP contribution is 2.28. The number of carbonyl (C=O) groups excluding carboxylic acids is 6. The van der Waals surface area contributed by atoms with E-state index in [0.717, 1.165) is 59.9 Å². The van der Waals surface area contributed by atoms with Crippen molar-refractivity contribution in [3.63, 3.8) is 0 Å². The van der Waals surface area contributed by atoms with Crippen molar-refractivity contribution >= 4 is 74.2 Å². The number of aromatic amines is 3. The topological polar surface area (TPSA) is 268 Å². The third-order valence-electron chi connectivity index (χ3n) is 14.1. The number of aliphatic carboxylic acids is 1. The van der Waals surface area contributed by atoms with E-state index in [-0.39, 0.29) is 57.5 Å². The lowest BCUT2D eigenvalue weighted by Crippen LogP contribution is -2.57. The molecule has 9 rings (SSSR count). The molecule has 3 aromatic heterocycles. The Morgan fingerprint density at radius 1 is 0.658 bits per heavy atom. The first-order valence-electron chi connectivity index (χ1n) is 24.7. The van der Waals surface area contributed by atoms with E-state index in [1.165, 1.54) is 0 Å². The molecule has 5 amide bonds. The number of ketones is 1. The predicted octanol–water partition coefficient (Wildman–Crippen LogP) is 5.10. The van der Waals surface area contributed by atoms with Gasteiger partial charge in [0.25, 0.3) is 0 Å². The van der Waals surface area contributed by atoms with Gasteiger partial charge in [0.1, 0.15) is 30.8 Å². The molecule has 9 N–H and O–H groups in total. The first kappa shape index (κ1) is 49.7. The van der Waals surface area contributed by atoms with Gasteiger partial charge in [-0.15, -0.1) is 0 Å². The van der Waals surface area contributed by atoms with Crippen LogP contribution in [0.15, 0.2) is 122 Å². The van der Waals surface area contributed by atoms with Crippen LogP contribution in [0.5, 0.6) is 0 Å². The number of amides is 5. The standard InChI is InChI=1S/C55H58N8O10/c64-37-26-48(54(70)71)63(30-37)53(69)47(25-36-29-58-43-19-9-6-16-40(36)43)59-49(65)22-21-33-13-10-20-44(50(33)66)60-51(67)45(23-34-27-56-41-17-7-4-14-38(34)41)61-52(68)46(24-35-28-57-42-18-8-5-15-39(35)42)62-55(72)73-31-32-11-2-1-3-12-32/h1-9,11-12,14-19,27-29,33,37,44-48,56-58,64H,10,13,20-26,30-31H2,(H,59,65)(H,60,67)(H,61,68)(H,62,72)(H,70,71)/t33-,37-,44-,45+,46+,47+,48+/m1/s1. The Morgan fingerprint density at radius 3 is 1.77 bits per heavy atom. The van der Waals surface area contributed by atoms with Crippen LogP contribution in [-0.2, 0) is 59.4 Å². The van der Waals surface area contributed by atoms with Crippen LogP contribution in [0, 0.1) is 5.92 Å². The smallest absolute Gasteiger partial charge is 0.408 e. The molecule has 2 aliphatic rings. The molecular formula is C55H58N8O10. The Hall–Kier alpha value is -8.25. The SMILES string of the molecule is O=C(CC[C@H]1CCC[C@@H](NC(=O)[C@H](Cc2c[nH]c3ccccc23)NC(=O)[C@H](Cc2c[nH]c3ccccc23)NC(=O)OCc2ccccc2)C1=O)N[C@@H](Cc1c[nH]c2ccccc12)C(=O)N1C[C@H](O)C[C@H]1C(=O)O. The number of benzene rings is 4. The van der Waals surface area contributed by atoms with E-state index < -0.39 is 77.9 Å². The number of aromatic nitrogens is 3. The zero-order valence-corrected chi connectivity index (χ0v) is 40.0. The summed E-state index contributed by atoms with van der Waals surface area (Å²) in [5.41, 5.74) is 5.44. The number of Topliss-reactive ketones (excluding diaryl/α,β-unsaturated/α-hetero) is 1. The lowest BCUT2D eigenvalue weighted by atomic mass is 9.81. The van der Waals surface area contributed by atoms with Crippen LogP contribution in [0.3, 0.4) is 0 Å². The van der Waals surface area contributed by atoms with E-state index in [1.807, 2.05) is 103 Å². The van der Waals surface area contributed by atoms with E-state index >= 15 is 0 Å². The van der Waals surface area contributed by atoms with Crippen LogP contribution in [0.1, 0.15) is 60.8 Å². The van der Waals surface area contributed by atoms with Crippen molar-refractivity contribution in [1.82, 2.24) is 41.1 Å². The minimum absolute atomic E-state index is 0.0341. The average molecular weight is 991 g/mol. The molecule has 0 unspecified atom stereocenters. The fourth-order valence-corrected chi connectivity index (χ4v) is 10.3. The van der Waals surface area contributed by atoms with Gasteiger partial charge in [-0.1, -0.05) is 91.3 Å². The van der Waals surface area contributed by atoms with Crippen molar-refractivity contribution in [2.45, 2.75) is 101 Å². The van der Waals surface area contributed by atoms with Gasteiger partial charge in [0.2, 0.25) is 23.6 Å². The second-order valence-corrected chi connectivity index (χ2v) is 19.0. The van der Waals surface area contributed by atoms with Crippen LogP contribution < -0.4 is 21.3 Å². The van der Waals surface area contributed by atoms with Crippen LogP contribution >= 0.6 is 0 Å². The zero-order chi connectivity index (χ0) is 51.0. The summed E-state index contributed by atoms with van der Waals surface area (Å²) < 4.78 is 5.53. The largest absolute Gasteiger partial charge is 0.480 e. The van der Waals surface area contributed by atoms with Crippen molar-refractivity contribution in [2.24, 2.45) is 5.92 Å². The number of carboxylic acids is 1. The number of nitrogens with zero attached hydrogens (tertiary/aromatic N) is 1. The number of carboxylic acid groups (broad SMARTS) is 1. The summed E-state index contributed by atoms with van der Waals surface area (Å²) in [6.45, 7) is -0.232. The third kappa shape index (κ3) is 11.8. The molecule has 0 spiro atoms. The Bertz CT molecular complexity index is 3150. The van der Waals surface area contributed by atoms with Crippen LogP contribution in [0.2, 0.25) is 0 Å². The first-order chi connectivity index (χ1) is 35.4. The fourth-order valence-electron chi connectivity index (χ4n) is 10.3. The van der Waals surface area contributed by atoms with Crippen molar-refractivity contribution in [1.29, 1.82) is 0 Å². The lowest BCUT2D eigenvalue weighted by Gasteiger charge is -2.30. The van der Waals surface area contributed by atoms with Crippen molar-refractivity contribution in [2.75, 3.05) is 6.54 Å². The molecule has 7 aromatic rings. The van der Waals surface area contributed by atoms with Gasteiger partial charge in [-0.3, -0.25) is 24.0 Å². The second-order valence-electron chi connectivity index (χ2n) is 19.0. The van der Waals surface area contributed by atoms with E-state index in [1.54, 1.807) is 18.6 Å². The van der Waals surface area contributed by atoms with Crippen molar-refractivity contribution in [3.05, 3.63) is 144 Å². The molecular weight excluding hydrogens is 933 g/mol. The predicted molar refractivity (Wildman–Crippen MR) is 271 cm³/mol. The Balaban J connectivity index is 0.890. The van der Waals surface area contributed by atoms with Crippen LogP contribution in [0.25, 0.3) is 32.7 Å². The molecule has 7 atom stereocenters. The summed E-state index contributed by atoms with van der Waals surface area (Å²) in [6.07, 6.45) is 4.71. The van der Waals surface area contributed by atoms with Gasteiger partial charge in [0, 0.05) is 95.9 Å². The second kappa shape index (κ2) is 22.4. The van der Waals surface area contributed by atoms with Gasteiger partial charge in [-0.2, -0.15) is 0 Å². The quantitative estimate of drug-likeness (QED) is 0.0517. The zero-order valence-electron chi connectivity index (χ0n) is 40.0. The van der Waals surface area contributed by atoms with Gasteiger partial charge in [0.15, 0.2) is 5.78 Å². The highest BCUT2D eigenvalue weighted by atomic mass is 16.5. The van der Waals surface area contributed by atoms with E-state index in [4.69, 9.17) is 4.74 Å². The molecule has 1 saturated heterocycles. The minimum atomic E-state index is -1.26. The number of para-hydroxylation sites is 3. The summed E-state index contributed by atoms with van der Waals surface area (Å²) in [5.74, 6) is -4.58. The normalized spacial score (nSPS) is 19.0. The highest BCUT2D eigenvalue weighted by Gasteiger charge is 2.42. The maximum absolute atomic E-state index is 14.6. The van der Waals surface area contributed by atoms with Gasteiger partial charge in [-0.25, -0.2) is 9.59 Å².